The number of hydrogen-bond donors (Lipinski definition) is 1. The number of hydrogen-bond acceptors (Lipinski definition) is 6. The highest BCUT2D eigenvalue weighted by molar-refractivity contribution is 5.92. The smallest absolute Gasteiger partial charge is 0.408 e. The molecule has 0 radical (unpaired) electrons. The zero-order chi connectivity index (χ0) is 25.9. The third-order valence-electron chi connectivity index (χ3n) is 6.05. The van der Waals surface area contributed by atoms with Crippen molar-refractivity contribution in [3.05, 3.63) is 71.4 Å². The van der Waals surface area contributed by atoms with Gasteiger partial charge in [-0.2, -0.15) is 0 Å². The van der Waals surface area contributed by atoms with E-state index in [9.17, 15) is 14.4 Å². The first-order valence-corrected chi connectivity index (χ1v) is 11.9. The van der Waals surface area contributed by atoms with Crippen molar-refractivity contribution in [2.24, 2.45) is 0 Å². The maximum atomic E-state index is 13.3. The first-order chi connectivity index (χ1) is 17.1. The van der Waals surface area contributed by atoms with E-state index in [1.54, 1.807) is 24.3 Å². The number of amides is 2. The lowest BCUT2D eigenvalue weighted by Gasteiger charge is -2.30. The fourth-order valence-corrected chi connectivity index (χ4v) is 4.43. The topological polar surface area (TPSA) is 97.8 Å². The van der Waals surface area contributed by atoms with Crippen molar-refractivity contribution < 1.29 is 23.9 Å². The summed E-state index contributed by atoms with van der Waals surface area (Å²) >= 11 is 0. The second kappa shape index (κ2) is 9.97. The number of ether oxygens (including phenoxy) is 2. The van der Waals surface area contributed by atoms with E-state index in [0.29, 0.717) is 30.8 Å². The normalized spacial score (nSPS) is 17.8. The lowest BCUT2D eigenvalue weighted by molar-refractivity contribution is -0.145. The summed E-state index contributed by atoms with van der Waals surface area (Å²) in [4.78, 5) is 43.0. The summed E-state index contributed by atoms with van der Waals surface area (Å²) in [6, 6.07) is 16.9. The number of aromatic nitrogens is 1. The van der Waals surface area contributed by atoms with Crippen LogP contribution in [0.1, 0.15) is 44.0 Å². The molecule has 2 amide bonds. The third-order valence-corrected chi connectivity index (χ3v) is 6.05. The van der Waals surface area contributed by atoms with Gasteiger partial charge < -0.3 is 24.5 Å². The molecule has 1 aliphatic rings. The quantitative estimate of drug-likeness (QED) is 0.498. The Morgan fingerprint density at radius 3 is 2.58 bits per heavy atom. The standard InChI is InChI=1S/C28H31N3O5/c1-19-17-20(23-7-5-6-8-24(23)29-19)18-35-22-11-9-21(10-12-22)28(36-26(34)30-27(2,3)4)13-14-31(15-16-32)25(28)33/h5-12,16-17H,13-15,18H2,1-4H3,(H,30,34). The largest absolute Gasteiger partial charge is 0.489 e. The number of likely N-dealkylation sites (tertiary alicyclic amines) is 1. The van der Waals surface area contributed by atoms with Gasteiger partial charge in [0.05, 0.1) is 12.1 Å². The van der Waals surface area contributed by atoms with Crippen molar-refractivity contribution in [3.63, 3.8) is 0 Å². The van der Waals surface area contributed by atoms with Gasteiger partial charge in [0.15, 0.2) is 0 Å². The number of alkyl carbamates (subject to hydrolysis) is 1. The fraction of sp³-hybridized carbons (Fsp3) is 0.357. The number of benzene rings is 2. The predicted octanol–water partition coefficient (Wildman–Crippen LogP) is 4.27. The zero-order valence-electron chi connectivity index (χ0n) is 21.0. The average Bonchev–Trinajstić information content (AvgIpc) is 3.12. The van der Waals surface area contributed by atoms with Crippen LogP contribution in [0.25, 0.3) is 10.9 Å². The zero-order valence-corrected chi connectivity index (χ0v) is 21.0. The van der Waals surface area contributed by atoms with E-state index in [1.165, 1.54) is 4.90 Å². The molecule has 1 fully saturated rings. The Bertz CT molecular complexity index is 1280. The molecule has 2 aromatic carbocycles. The maximum Gasteiger partial charge on any atom is 0.408 e. The summed E-state index contributed by atoms with van der Waals surface area (Å²) in [5, 5.41) is 3.78. The predicted molar refractivity (Wildman–Crippen MR) is 136 cm³/mol. The molecule has 36 heavy (non-hydrogen) atoms. The van der Waals surface area contributed by atoms with E-state index < -0.39 is 23.1 Å². The van der Waals surface area contributed by atoms with Gasteiger partial charge in [0.1, 0.15) is 18.6 Å². The van der Waals surface area contributed by atoms with Crippen molar-refractivity contribution in [2.75, 3.05) is 13.1 Å². The Balaban J connectivity index is 1.56. The molecule has 0 saturated carbocycles. The van der Waals surface area contributed by atoms with E-state index in [1.807, 2.05) is 58.0 Å². The van der Waals surface area contributed by atoms with Crippen molar-refractivity contribution in [3.8, 4) is 5.75 Å². The third kappa shape index (κ3) is 5.32. The number of carbonyl (C=O) groups excluding carboxylic acids is 3. The minimum Gasteiger partial charge on any atom is -0.489 e. The monoisotopic (exact) mass is 489 g/mol. The minimum absolute atomic E-state index is 0.0503. The van der Waals surface area contributed by atoms with E-state index in [0.717, 1.165) is 22.2 Å². The second-order valence-corrected chi connectivity index (χ2v) is 10.0. The van der Waals surface area contributed by atoms with Gasteiger partial charge in [-0.3, -0.25) is 9.78 Å². The highest BCUT2D eigenvalue weighted by Crippen LogP contribution is 2.38. The molecular formula is C28H31N3O5. The van der Waals surface area contributed by atoms with Gasteiger partial charge in [0.25, 0.3) is 5.91 Å². The molecule has 2 heterocycles. The van der Waals surface area contributed by atoms with E-state index >= 15 is 0 Å². The number of para-hydroxylation sites is 1. The molecule has 4 rings (SSSR count). The fourth-order valence-electron chi connectivity index (χ4n) is 4.43. The molecule has 1 aromatic heterocycles. The molecule has 0 bridgehead atoms. The molecule has 0 aliphatic carbocycles. The Morgan fingerprint density at radius 2 is 1.89 bits per heavy atom. The lowest BCUT2D eigenvalue weighted by atomic mass is 9.91. The van der Waals surface area contributed by atoms with Crippen LogP contribution >= 0.6 is 0 Å². The van der Waals surface area contributed by atoms with Crippen molar-refractivity contribution in [1.29, 1.82) is 0 Å². The number of aryl methyl sites for hydroxylation is 1. The molecule has 1 atom stereocenters. The van der Waals surface area contributed by atoms with Crippen LogP contribution in [0, 0.1) is 6.92 Å². The highest BCUT2D eigenvalue weighted by Gasteiger charge is 2.51. The molecule has 8 heteroatoms. The van der Waals surface area contributed by atoms with Gasteiger partial charge in [0.2, 0.25) is 5.60 Å². The number of nitrogens with one attached hydrogen (secondary N) is 1. The Morgan fingerprint density at radius 1 is 1.17 bits per heavy atom. The SMILES string of the molecule is Cc1cc(COc2ccc(C3(OC(=O)NC(C)(C)C)CCN(CC=O)C3=O)cc2)c2ccccc2n1. The van der Waals surface area contributed by atoms with Crippen molar-refractivity contribution >= 4 is 29.2 Å². The Labute approximate surface area is 210 Å². The van der Waals surface area contributed by atoms with Crippen molar-refractivity contribution in [1.82, 2.24) is 15.2 Å². The first-order valence-electron chi connectivity index (χ1n) is 11.9. The molecule has 0 spiro atoms. The summed E-state index contributed by atoms with van der Waals surface area (Å²) < 4.78 is 11.8. The summed E-state index contributed by atoms with van der Waals surface area (Å²) in [6.45, 7) is 8.05. The van der Waals surface area contributed by atoms with Gasteiger partial charge in [-0.05, 0) is 52.0 Å². The summed E-state index contributed by atoms with van der Waals surface area (Å²) in [6.07, 6.45) is 0.230. The number of pyridine rings is 1. The molecule has 1 saturated heterocycles. The van der Waals surface area contributed by atoms with E-state index in [2.05, 4.69) is 10.3 Å². The highest BCUT2D eigenvalue weighted by atomic mass is 16.6. The maximum absolute atomic E-state index is 13.3. The number of nitrogens with zero attached hydrogens (tertiary/aromatic N) is 2. The van der Waals surface area contributed by atoms with Crippen LogP contribution in [0.5, 0.6) is 5.75 Å². The molecule has 8 nitrogen and oxygen atoms in total. The summed E-state index contributed by atoms with van der Waals surface area (Å²) in [5.74, 6) is 0.202. The minimum atomic E-state index is -1.50. The lowest BCUT2D eigenvalue weighted by Crippen LogP contribution is -2.48. The first kappa shape index (κ1) is 25.2. The molecule has 1 N–H and O–H groups in total. The van der Waals surface area contributed by atoms with Crippen LogP contribution in [0.3, 0.4) is 0 Å². The van der Waals surface area contributed by atoms with Gasteiger partial charge in [0, 0.05) is 40.7 Å². The Hall–Kier alpha value is -3.94. The number of fused-ring (bicyclic) bond motifs is 1. The van der Waals surface area contributed by atoms with Gasteiger partial charge >= 0.3 is 6.09 Å². The molecule has 188 valence electrons. The summed E-state index contributed by atoms with van der Waals surface area (Å²) in [7, 11) is 0. The van der Waals surface area contributed by atoms with Crippen LogP contribution in [-0.4, -0.2) is 46.8 Å². The molecule has 1 unspecified atom stereocenters. The number of carbonyl (C=O) groups is 3. The molecule has 3 aromatic rings. The van der Waals surface area contributed by atoms with E-state index in [-0.39, 0.29) is 13.0 Å². The average molecular weight is 490 g/mol. The van der Waals surface area contributed by atoms with Gasteiger partial charge in [-0.1, -0.05) is 30.3 Å². The Kier molecular flexibility index (Phi) is 6.97. The van der Waals surface area contributed by atoms with Gasteiger partial charge in [-0.25, -0.2) is 4.79 Å². The molecular weight excluding hydrogens is 458 g/mol. The van der Waals surface area contributed by atoms with Crippen molar-refractivity contribution in [2.45, 2.75) is 51.9 Å². The van der Waals surface area contributed by atoms with Crippen LogP contribution in [0.4, 0.5) is 4.79 Å². The van der Waals surface area contributed by atoms with Crippen LogP contribution in [-0.2, 0) is 26.5 Å². The molecule has 1 aliphatic heterocycles. The van der Waals surface area contributed by atoms with Crippen LogP contribution in [0.2, 0.25) is 0 Å². The second-order valence-electron chi connectivity index (χ2n) is 10.0. The number of aldehydes is 1. The van der Waals surface area contributed by atoms with Gasteiger partial charge in [-0.15, -0.1) is 0 Å². The summed E-state index contributed by atoms with van der Waals surface area (Å²) in [5.41, 5.74) is 1.35. The number of rotatable bonds is 7. The van der Waals surface area contributed by atoms with Crippen LogP contribution < -0.4 is 10.1 Å². The van der Waals surface area contributed by atoms with Crippen LogP contribution in [0.15, 0.2) is 54.6 Å². The van der Waals surface area contributed by atoms with E-state index in [4.69, 9.17) is 9.47 Å².